The van der Waals surface area contributed by atoms with Gasteiger partial charge in [0.1, 0.15) is 0 Å². The molecule has 2 fully saturated rings. The Morgan fingerprint density at radius 1 is 1.35 bits per heavy atom. The van der Waals surface area contributed by atoms with Gasteiger partial charge in [0.15, 0.2) is 5.03 Å². The molecule has 0 saturated carbocycles. The third-order valence-electron chi connectivity index (χ3n) is 4.21. The van der Waals surface area contributed by atoms with Gasteiger partial charge in [-0.1, -0.05) is 0 Å². The van der Waals surface area contributed by atoms with Crippen molar-refractivity contribution in [1.82, 2.24) is 19.0 Å². The number of fused-ring (bicyclic) bond motifs is 1. The molecule has 1 aromatic rings. The summed E-state index contributed by atoms with van der Waals surface area (Å²) < 4.78 is 34.0. The monoisotopic (exact) mass is 300 g/mol. The standard InChI is InChI=1S/C12H20N4O3S/c1-14-7-8-19-11-4-6-16(9-10(11)14)20(17,18)12-3-5-13-15(12)2/h3,5,10-11H,4,6-9H2,1-2H3/t10-,11+/m1/s1. The van der Waals surface area contributed by atoms with Gasteiger partial charge in [-0.25, -0.2) is 8.42 Å². The molecule has 112 valence electrons. The Kier molecular flexibility index (Phi) is 3.57. The first kappa shape index (κ1) is 14.0. The molecular weight excluding hydrogens is 280 g/mol. The third-order valence-corrected chi connectivity index (χ3v) is 6.15. The van der Waals surface area contributed by atoms with E-state index < -0.39 is 10.0 Å². The van der Waals surface area contributed by atoms with Crippen LogP contribution in [0.1, 0.15) is 6.42 Å². The number of aryl methyl sites for hydroxylation is 1. The molecule has 7 nitrogen and oxygen atoms in total. The molecule has 20 heavy (non-hydrogen) atoms. The topological polar surface area (TPSA) is 67.7 Å². The van der Waals surface area contributed by atoms with Gasteiger partial charge in [0.05, 0.1) is 18.9 Å². The van der Waals surface area contributed by atoms with Crippen LogP contribution in [0, 0.1) is 0 Å². The maximum absolute atomic E-state index is 12.7. The average Bonchev–Trinajstić information content (AvgIpc) is 2.86. The molecule has 0 aliphatic carbocycles. The number of piperidine rings is 1. The molecule has 1 aromatic heterocycles. The van der Waals surface area contributed by atoms with Gasteiger partial charge in [0, 0.05) is 32.7 Å². The van der Waals surface area contributed by atoms with Crippen LogP contribution in [-0.4, -0.2) is 72.8 Å². The van der Waals surface area contributed by atoms with Crippen molar-refractivity contribution in [3.63, 3.8) is 0 Å². The molecule has 8 heteroatoms. The van der Waals surface area contributed by atoms with E-state index in [4.69, 9.17) is 4.74 Å². The van der Waals surface area contributed by atoms with Crippen LogP contribution < -0.4 is 0 Å². The number of hydrogen-bond acceptors (Lipinski definition) is 5. The predicted molar refractivity (Wildman–Crippen MR) is 72.7 cm³/mol. The highest BCUT2D eigenvalue weighted by Crippen LogP contribution is 2.26. The molecule has 0 aromatic carbocycles. The van der Waals surface area contributed by atoms with Crippen molar-refractivity contribution in [1.29, 1.82) is 0 Å². The van der Waals surface area contributed by atoms with Crippen molar-refractivity contribution in [2.24, 2.45) is 7.05 Å². The van der Waals surface area contributed by atoms with E-state index in [2.05, 4.69) is 10.00 Å². The molecule has 0 unspecified atom stereocenters. The number of rotatable bonds is 2. The highest BCUT2D eigenvalue weighted by Gasteiger charge is 2.40. The molecule has 0 amide bonds. The molecule has 3 rings (SSSR count). The van der Waals surface area contributed by atoms with E-state index >= 15 is 0 Å². The lowest BCUT2D eigenvalue weighted by atomic mass is 10.0. The quantitative estimate of drug-likeness (QED) is 0.737. The van der Waals surface area contributed by atoms with Crippen LogP contribution in [0.3, 0.4) is 0 Å². The summed E-state index contributed by atoms with van der Waals surface area (Å²) in [5.41, 5.74) is 0. The number of hydrogen-bond donors (Lipinski definition) is 0. The summed E-state index contributed by atoms with van der Waals surface area (Å²) in [6, 6.07) is 1.68. The van der Waals surface area contributed by atoms with E-state index in [0.29, 0.717) is 13.1 Å². The molecular formula is C12H20N4O3S. The summed E-state index contributed by atoms with van der Waals surface area (Å²) in [5, 5.41) is 4.20. The first-order valence-corrected chi connectivity index (χ1v) is 8.24. The first-order valence-electron chi connectivity index (χ1n) is 6.80. The number of likely N-dealkylation sites (N-methyl/N-ethyl adjacent to an activating group) is 1. The van der Waals surface area contributed by atoms with E-state index in [0.717, 1.165) is 19.6 Å². The fraction of sp³-hybridized carbons (Fsp3) is 0.750. The average molecular weight is 300 g/mol. The Hall–Kier alpha value is -0.960. The fourth-order valence-corrected chi connectivity index (χ4v) is 4.55. The van der Waals surface area contributed by atoms with Gasteiger partial charge in [-0.15, -0.1) is 0 Å². The lowest BCUT2D eigenvalue weighted by molar-refractivity contribution is -0.0840. The number of aromatic nitrogens is 2. The smallest absolute Gasteiger partial charge is 0.260 e. The van der Waals surface area contributed by atoms with E-state index in [9.17, 15) is 8.42 Å². The predicted octanol–water partition coefficient (Wildman–Crippen LogP) is -0.486. The largest absolute Gasteiger partial charge is 0.375 e. The van der Waals surface area contributed by atoms with Crippen LogP contribution >= 0.6 is 0 Å². The van der Waals surface area contributed by atoms with E-state index in [1.165, 1.54) is 10.9 Å². The second kappa shape index (κ2) is 5.10. The molecule has 2 aliphatic heterocycles. The Balaban J connectivity index is 1.83. The van der Waals surface area contributed by atoms with Gasteiger partial charge in [-0.3, -0.25) is 9.58 Å². The first-order chi connectivity index (χ1) is 9.50. The summed E-state index contributed by atoms with van der Waals surface area (Å²) in [6.45, 7) is 2.56. The van der Waals surface area contributed by atoms with Crippen molar-refractivity contribution >= 4 is 10.0 Å². The van der Waals surface area contributed by atoms with Crippen LogP contribution in [0.5, 0.6) is 0 Å². The van der Waals surface area contributed by atoms with Crippen LogP contribution in [0.4, 0.5) is 0 Å². The van der Waals surface area contributed by atoms with Crippen molar-refractivity contribution in [2.45, 2.75) is 23.6 Å². The van der Waals surface area contributed by atoms with Crippen LogP contribution in [0.15, 0.2) is 17.3 Å². The normalized spacial score (nSPS) is 29.3. The summed E-state index contributed by atoms with van der Waals surface area (Å²) in [5.74, 6) is 0. The van der Waals surface area contributed by atoms with Crippen molar-refractivity contribution in [2.75, 3.05) is 33.3 Å². The Morgan fingerprint density at radius 2 is 2.15 bits per heavy atom. The maximum Gasteiger partial charge on any atom is 0.260 e. The van der Waals surface area contributed by atoms with Crippen LogP contribution in [0.2, 0.25) is 0 Å². The Morgan fingerprint density at radius 3 is 2.85 bits per heavy atom. The number of ether oxygens (including phenoxy) is 1. The van der Waals surface area contributed by atoms with Crippen molar-refractivity contribution in [3.05, 3.63) is 12.3 Å². The molecule has 0 spiro atoms. The SMILES string of the molecule is CN1CCO[C@H]2CCN(S(=O)(=O)c3ccnn3C)C[C@H]21. The second-order valence-electron chi connectivity index (χ2n) is 5.40. The summed E-state index contributed by atoms with van der Waals surface area (Å²) in [6.07, 6.45) is 2.40. The zero-order chi connectivity index (χ0) is 14.3. The second-order valence-corrected chi connectivity index (χ2v) is 7.29. The van der Waals surface area contributed by atoms with Crippen molar-refractivity contribution in [3.8, 4) is 0 Å². The van der Waals surface area contributed by atoms with E-state index in [1.807, 2.05) is 7.05 Å². The van der Waals surface area contributed by atoms with E-state index in [-0.39, 0.29) is 17.2 Å². The molecule has 2 saturated heterocycles. The highest BCUT2D eigenvalue weighted by atomic mass is 32.2. The summed E-state index contributed by atoms with van der Waals surface area (Å²) >= 11 is 0. The van der Waals surface area contributed by atoms with Gasteiger partial charge in [0.2, 0.25) is 0 Å². The van der Waals surface area contributed by atoms with Gasteiger partial charge in [0.25, 0.3) is 10.0 Å². The van der Waals surface area contributed by atoms with Gasteiger partial charge in [-0.2, -0.15) is 9.40 Å². The zero-order valence-corrected chi connectivity index (χ0v) is 12.6. The fourth-order valence-electron chi connectivity index (χ4n) is 2.98. The number of sulfonamides is 1. The lowest BCUT2D eigenvalue weighted by Crippen LogP contribution is -2.59. The minimum atomic E-state index is -3.47. The lowest BCUT2D eigenvalue weighted by Gasteiger charge is -2.45. The minimum Gasteiger partial charge on any atom is -0.375 e. The van der Waals surface area contributed by atoms with Crippen molar-refractivity contribution < 1.29 is 13.2 Å². The van der Waals surface area contributed by atoms with E-state index in [1.54, 1.807) is 17.4 Å². The zero-order valence-electron chi connectivity index (χ0n) is 11.8. The maximum atomic E-state index is 12.7. The van der Waals surface area contributed by atoms with Gasteiger partial charge in [-0.05, 0) is 19.5 Å². The Labute approximate surface area is 119 Å². The molecule has 2 atom stereocenters. The minimum absolute atomic E-state index is 0.139. The number of morpholine rings is 1. The summed E-state index contributed by atoms with van der Waals surface area (Å²) in [4.78, 5) is 2.19. The number of nitrogens with zero attached hydrogens (tertiary/aromatic N) is 4. The Bertz CT molecular complexity index is 585. The molecule has 0 bridgehead atoms. The molecule has 2 aliphatic rings. The van der Waals surface area contributed by atoms with Gasteiger partial charge >= 0.3 is 0 Å². The van der Waals surface area contributed by atoms with Crippen LogP contribution in [0.25, 0.3) is 0 Å². The molecule has 0 radical (unpaired) electrons. The third kappa shape index (κ3) is 2.26. The highest BCUT2D eigenvalue weighted by molar-refractivity contribution is 7.89. The summed E-state index contributed by atoms with van der Waals surface area (Å²) in [7, 11) is 0.205. The molecule has 3 heterocycles. The molecule has 0 N–H and O–H groups in total. The van der Waals surface area contributed by atoms with Gasteiger partial charge < -0.3 is 4.74 Å². The van der Waals surface area contributed by atoms with Crippen LogP contribution in [-0.2, 0) is 21.8 Å².